The van der Waals surface area contributed by atoms with E-state index < -0.39 is 0 Å². The van der Waals surface area contributed by atoms with Crippen molar-refractivity contribution in [3.63, 3.8) is 0 Å². The van der Waals surface area contributed by atoms with E-state index in [9.17, 15) is 5.11 Å². The van der Waals surface area contributed by atoms with Crippen LogP contribution in [0.15, 0.2) is 18.2 Å². The lowest BCUT2D eigenvalue weighted by molar-refractivity contribution is -0.0226. The van der Waals surface area contributed by atoms with Crippen molar-refractivity contribution in [2.75, 3.05) is 46.2 Å². The van der Waals surface area contributed by atoms with Crippen LogP contribution in [0, 0.1) is 17.3 Å². The Morgan fingerprint density at radius 1 is 0.906 bits per heavy atom. The van der Waals surface area contributed by atoms with Gasteiger partial charge >= 0.3 is 0 Å². The van der Waals surface area contributed by atoms with Crippen molar-refractivity contribution in [2.24, 2.45) is 17.3 Å². The molecule has 0 amide bonds. The molecule has 0 aromatic heterocycles. The zero-order valence-corrected chi connectivity index (χ0v) is 20.0. The van der Waals surface area contributed by atoms with E-state index in [0.29, 0.717) is 51.5 Å². The third kappa shape index (κ3) is 5.32. The molecule has 0 unspecified atom stereocenters. The molecule has 0 aliphatic heterocycles. The van der Waals surface area contributed by atoms with Crippen LogP contribution < -0.4 is 4.74 Å². The molecule has 0 radical (unpaired) electrons. The molecule has 0 saturated heterocycles. The molecule has 2 saturated carbocycles. The Labute approximate surface area is 193 Å². The molecule has 0 spiro atoms. The average Bonchev–Trinajstić information content (AvgIpc) is 3.11. The number of benzene rings is 1. The fourth-order valence-corrected chi connectivity index (χ4v) is 6.53. The highest BCUT2D eigenvalue weighted by molar-refractivity contribution is 5.40. The predicted molar refractivity (Wildman–Crippen MR) is 125 cm³/mol. The van der Waals surface area contributed by atoms with Crippen molar-refractivity contribution in [3.8, 4) is 5.75 Å². The largest absolute Gasteiger partial charge is 0.491 e. The highest BCUT2D eigenvalue weighted by Gasteiger charge is 2.54. The van der Waals surface area contributed by atoms with Crippen molar-refractivity contribution in [2.45, 2.75) is 70.8 Å². The predicted octanol–water partition coefficient (Wildman–Crippen LogP) is 4.74. The van der Waals surface area contributed by atoms with Gasteiger partial charge in [-0.1, -0.05) is 19.9 Å². The number of fused-ring (bicyclic) bond motifs is 5. The summed E-state index contributed by atoms with van der Waals surface area (Å²) in [6.07, 6.45) is 7.89. The maximum absolute atomic E-state index is 10.6. The van der Waals surface area contributed by atoms with E-state index in [1.54, 1.807) is 0 Å². The Morgan fingerprint density at radius 3 is 2.38 bits per heavy atom. The van der Waals surface area contributed by atoms with E-state index in [1.807, 2.05) is 0 Å². The molecule has 3 aliphatic carbocycles. The Morgan fingerprint density at radius 2 is 1.62 bits per heavy atom. The van der Waals surface area contributed by atoms with Gasteiger partial charge in [-0.2, -0.15) is 0 Å². The molecule has 5 nitrogen and oxygen atoms in total. The summed E-state index contributed by atoms with van der Waals surface area (Å²) in [5, 5.41) is 10.6. The Hall–Kier alpha value is -1.14. The highest BCUT2D eigenvalue weighted by Crippen LogP contribution is 2.60. The summed E-state index contributed by atoms with van der Waals surface area (Å²) in [4.78, 5) is 0. The third-order valence-electron chi connectivity index (χ3n) is 8.24. The van der Waals surface area contributed by atoms with E-state index >= 15 is 0 Å². The van der Waals surface area contributed by atoms with E-state index in [2.05, 4.69) is 32.0 Å². The third-order valence-corrected chi connectivity index (χ3v) is 8.24. The first-order valence-corrected chi connectivity index (χ1v) is 12.8. The number of hydrogen-bond donors (Lipinski definition) is 1. The van der Waals surface area contributed by atoms with Crippen LogP contribution in [0.25, 0.3) is 0 Å². The Kier molecular flexibility index (Phi) is 8.49. The van der Waals surface area contributed by atoms with Crippen molar-refractivity contribution in [3.05, 3.63) is 29.3 Å². The molecule has 1 N–H and O–H groups in total. The molecular formula is C27H42O5. The zero-order valence-electron chi connectivity index (χ0n) is 20.0. The van der Waals surface area contributed by atoms with E-state index in [4.69, 9.17) is 18.9 Å². The van der Waals surface area contributed by atoms with Gasteiger partial charge in [-0.25, -0.2) is 0 Å². The van der Waals surface area contributed by atoms with Crippen LogP contribution >= 0.6 is 0 Å². The number of hydrogen-bond acceptors (Lipinski definition) is 5. The summed E-state index contributed by atoms with van der Waals surface area (Å²) in [6, 6.07) is 6.70. The van der Waals surface area contributed by atoms with Crippen LogP contribution in [0.4, 0.5) is 0 Å². The maximum atomic E-state index is 10.6. The van der Waals surface area contributed by atoms with E-state index in [0.717, 1.165) is 44.0 Å². The van der Waals surface area contributed by atoms with Gasteiger partial charge in [0.05, 0.1) is 39.1 Å². The molecule has 2 fully saturated rings. The molecule has 3 aliphatic rings. The van der Waals surface area contributed by atoms with Crippen molar-refractivity contribution in [1.29, 1.82) is 0 Å². The minimum atomic E-state index is -0.0979. The smallest absolute Gasteiger partial charge is 0.119 e. The Balaban J connectivity index is 1.18. The zero-order chi connectivity index (χ0) is 22.4. The van der Waals surface area contributed by atoms with Gasteiger partial charge in [-0.15, -0.1) is 0 Å². The van der Waals surface area contributed by atoms with Crippen molar-refractivity contribution in [1.82, 2.24) is 0 Å². The number of aliphatic hydroxyl groups is 1. The summed E-state index contributed by atoms with van der Waals surface area (Å²) < 4.78 is 22.4. The van der Waals surface area contributed by atoms with Crippen LogP contribution in [0.3, 0.4) is 0 Å². The number of aliphatic hydroxyl groups excluding tert-OH is 1. The second-order valence-electron chi connectivity index (χ2n) is 10.1. The van der Waals surface area contributed by atoms with Gasteiger partial charge < -0.3 is 24.1 Å². The standard InChI is InChI=1S/C27H42O5/c1-3-12-29-13-14-30-15-16-31-17-18-32-21-5-7-22-20(19-21)4-6-24-23(22)10-11-27(2)25(24)8-9-26(27)28/h5,7,19,23-26,28H,3-4,6,8-18H2,1-2H3/t23-,24-,25+,26+,27+/m1/s1. The van der Waals surface area contributed by atoms with Crippen LogP contribution in [0.5, 0.6) is 5.75 Å². The summed E-state index contributed by atoms with van der Waals surface area (Å²) in [6.45, 7) is 8.82. The number of rotatable bonds is 12. The van der Waals surface area contributed by atoms with Gasteiger partial charge in [0.25, 0.3) is 0 Å². The fraction of sp³-hybridized carbons (Fsp3) is 0.778. The van der Waals surface area contributed by atoms with Crippen LogP contribution in [0.2, 0.25) is 0 Å². The first kappa shape index (κ1) is 24.0. The molecule has 0 heterocycles. The number of aryl methyl sites for hydroxylation is 1. The summed E-state index contributed by atoms with van der Waals surface area (Å²) >= 11 is 0. The fourth-order valence-electron chi connectivity index (χ4n) is 6.53. The molecular weight excluding hydrogens is 404 g/mol. The van der Waals surface area contributed by atoms with Gasteiger partial charge in [0, 0.05) is 6.61 Å². The van der Waals surface area contributed by atoms with Crippen LogP contribution in [0.1, 0.15) is 69.4 Å². The molecule has 1 aromatic carbocycles. The van der Waals surface area contributed by atoms with Gasteiger partial charge in [0.15, 0.2) is 0 Å². The van der Waals surface area contributed by atoms with Crippen LogP contribution in [-0.2, 0) is 20.6 Å². The number of ether oxygens (including phenoxy) is 4. The first-order valence-electron chi connectivity index (χ1n) is 12.8. The molecule has 32 heavy (non-hydrogen) atoms. The second-order valence-corrected chi connectivity index (χ2v) is 10.1. The molecule has 0 bridgehead atoms. The van der Waals surface area contributed by atoms with Crippen LogP contribution in [-0.4, -0.2) is 57.5 Å². The topological polar surface area (TPSA) is 57.2 Å². The quantitative estimate of drug-likeness (QED) is 0.470. The lowest BCUT2D eigenvalue weighted by Gasteiger charge is -2.50. The minimum Gasteiger partial charge on any atom is -0.491 e. The van der Waals surface area contributed by atoms with E-state index in [1.165, 1.54) is 30.4 Å². The lowest BCUT2D eigenvalue weighted by Crippen LogP contribution is -2.43. The highest BCUT2D eigenvalue weighted by atomic mass is 16.6. The van der Waals surface area contributed by atoms with Gasteiger partial charge in [-0.05, 0) is 91.4 Å². The normalized spacial score (nSPS) is 31.1. The van der Waals surface area contributed by atoms with Gasteiger partial charge in [-0.3, -0.25) is 0 Å². The van der Waals surface area contributed by atoms with Crippen molar-refractivity contribution >= 4 is 0 Å². The molecule has 4 rings (SSSR count). The molecule has 5 atom stereocenters. The minimum absolute atomic E-state index is 0.0979. The van der Waals surface area contributed by atoms with Gasteiger partial charge in [0.1, 0.15) is 12.4 Å². The lowest BCUT2D eigenvalue weighted by atomic mass is 9.55. The second kappa shape index (κ2) is 11.3. The summed E-state index contributed by atoms with van der Waals surface area (Å²) in [5.74, 6) is 3.03. The molecule has 180 valence electrons. The maximum Gasteiger partial charge on any atom is 0.119 e. The molecule has 1 aromatic rings. The SMILES string of the molecule is CCCOCCOCCOCCOc1ccc2c(c1)CC[C@@H]1[C@@H]2CC[C@]2(C)[C@@H](O)CC[C@@H]12. The Bertz CT molecular complexity index is 722. The van der Waals surface area contributed by atoms with E-state index in [-0.39, 0.29) is 11.5 Å². The average molecular weight is 447 g/mol. The molecule has 5 heteroatoms. The monoisotopic (exact) mass is 446 g/mol. The summed E-state index contributed by atoms with van der Waals surface area (Å²) in [5.41, 5.74) is 3.15. The first-order chi connectivity index (χ1) is 15.6. The van der Waals surface area contributed by atoms with Gasteiger partial charge in [0.2, 0.25) is 0 Å². The van der Waals surface area contributed by atoms with Crippen molar-refractivity contribution < 1.29 is 24.1 Å². The summed E-state index contributed by atoms with van der Waals surface area (Å²) in [7, 11) is 0.